The van der Waals surface area contributed by atoms with Crippen LogP contribution in [0, 0.1) is 0 Å². The van der Waals surface area contributed by atoms with Gasteiger partial charge in [-0.3, -0.25) is 4.79 Å². The van der Waals surface area contributed by atoms with Crippen molar-refractivity contribution in [3.8, 4) is 5.75 Å². The van der Waals surface area contributed by atoms with Crippen LogP contribution in [0.3, 0.4) is 0 Å². The molecular weight excluding hydrogens is 302 g/mol. The molecule has 24 heavy (non-hydrogen) atoms. The minimum Gasteiger partial charge on any atom is -0.484 e. The van der Waals surface area contributed by atoms with Gasteiger partial charge in [-0.05, 0) is 23.3 Å². The Bertz CT molecular complexity index is 636. The summed E-state index contributed by atoms with van der Waals surface area (Å²) in [7, 11) is 1.60. The van der Waals surface area contributed by atoms with Crippen LogP contribution in [0.5, 0.6) is 5.75 Å². The lowest BCUT2D eigenvalue weighted by molar-refractivity contribution is -0.123. The minimum absolute atomic E-state index is 0.00510. The van der Waals surface area contributed by atoms with Gasteiger partial charge in [-0.15, -0.1) is 0 Å². The number of hydrogen-bond donors (Lipinski definition) is 1. The lowest BCUT2D eigenvalue weighted by Gasteiger charge is -2.26. The highest BCUT2D eigenvalue weighted by Crippen LogP contribution is 2.32. The molecule has 2 rings (SSSR count). The highest BCUT2D eigenvalue weighted by atomic mass is 16.5. The fraction of sp³-hybridized carbons (Fsp3) is 0.350. The predicted octanol–water partition coefficient (Wildman–Crippen LogP) is 3.15. The molecular formula is C20H25NO3. The molecule has 1 amide bonds. The Balaban J connectivity index is 1.94. The first-order valence-electron chi connectivity index (χ1n) is 8.08. The van der Waals surface area contributed by atoms with Gasteiger partial charge in [0.25, 0.3) is 5.91 Å². The third-order valence-corrected chi connectivity index (χ3v) is 4.07. The quantitative estimate of drug-likeness (QED) is 0.758. The monoisotopic (exact) mass is 327 g/mol. The largest absolute Gasteiger partial charge is 0.484 e. The summed E-state index contributed by atoms with van der Waals surface area (Å²) in [5, 5.41) is 2.72. The van der Waals surface area contributed by atoms with Gasteiger partial charge < -0.3 is 14.8 Å². The number of carbonyl (C=O) groups is 1. The Labute approximate surface area is 143 Å². The Morgan fingerprint density at radius 3 is 2.25 bits per heavy atom. The first-order chi connectivity index (χ1) is 11.5. The zero-order chi connectivity index (χ0) is 17.4. The van der Waals surface area contributed by atoms with Crippen LogP contribution in [-0.4, -0.2) is 32.8 Å². The van der Waals surface area contributed by atoms with Crippen molar-refractivity contribution in [3.63, 3.8) is 0 Å². The van der Waals surface area contributed by atoms with Crippen LogP contribution in [0.25, 0.3) is 0 Å². The molecule has 0 saturated carbocycles. The molecule has 0 aliphatic rings. The maximum atomic E-state index is 11.6. The Hall–Kier alpha value is -2.33. The molecule has 0 spiro atoms. The Morgan fingerprint density at radius 1 is 1.00 bits per heavy atom. The summed E-state index contributed by atoms with van der Waals surface area (Å²) in [4.78, 5) is 11.6. The van der Waals surface area contributed by atoms with Gasteiger partial charge >= 0.3 is 0 Å². The van der Waals surface area contributed by atoms with Crippen molar-refractivity contribution in [1.82, 2.24) is 5.32 Å². The number of rotatable bonds is 8. The summed E-state index contributed by atoms with van der Waals surface area (Å²) in [6, 6.07) is 18.3. The zero-order valence-electron chi connectivity index (χ0n) is 14.5. The molecule has 0 fully saturated rings. The number of ether oxygens (including phenoxy) is 2. The summed E-state index contributed by atoms with van der Waals surface area (Å²) >= 11 is 0. The molecule has 0 unspecified atom stereocenters. The molecule has 2 aromatic rings. The molecule has 0 aliphatic heterocycles. The van der Waals surface area contributed by atoms with Crippen LogP contribution in [0.4, 0.5) is 0 Å². The van der Waals surface area contributed by atoms with Crippen LogP contribution >= 0.6 is 0 Å². The van der Waals surface area contributed by atoms with E-state index in [1.807, 2.05) is 30.3 Å². The molecule has 1 N–H and O–H groups in total. The summed E-state index contributed by atoms with van der Waals surface area (Å²) < 4.78 is 10.4. The van der Waals surface area contributed by atoms with Gasteiger partial charge in [0.1, 0.15) is 5.75 Å². The van der Waals surface area contributed by atoms with Gasteiger partial charge in [0.15, 0.2) is 6.61 Å². The lowest BCUT2D eigenvalue weighted by atomic mass is 9.78. The highest BCUT2D eigenvalue weighted by Gasteiger charge is 2.22. The predicted molar refractivity (Wildman–Crippen MR) is 95.4 cm³/mol. The van der Waals surface area contributed by atoms with E-state index in [1.54, 1.807) is 7.11 Å². The maximum Gasteiger partial charge on any atom is 0.258 e. The number of methoxy groups -OCH3 is 1. The van der Waals surface area contributed by atoms with Crippen LogP contribution in [0.15, 0.2) is 54.6 Å². The van der Waals surface area contributed by atoms with E-state index in [2.05, 4.69) is 43.4 Å². The third-order valence-electron chi connectivity index (χ3n) is 4.07. The van der Waals surface area contributed by atoms with E-state index in [0.717, 1.165) is 0 Å². The van der Waals surface area contributed by atoms with Crippen LogP contribution in [0.2, 0.25) is 0 Å². The first kappa shape index (κ1) is 18.0. The zero-order valence-corrected chi connectivity index (χ0v) is 14.5. The SMILES string of the molecule is COCCNC(=O)COc1ccc(C(C)(C)c2ccccc2)cc1. The standard InChI is InChI=1S/C20H25NO3/c1-20(2,16-7-5-4-6-8-16)17-9-11-18(12-10-17)24-15-19(22)21-13-14-23-3/h4-12H,13-15H2,1-3H3,(H,21,22). The highest BCUT2D eigenvalue weighted by molar-refractivity contribution is 5.77. The van der Waals surface area contributed by atoms with Crippen LogP contribution < -0.4 is 10.1 Å². The molecule has 4 heteroatoms. The molecule has 0 aromatic heterocycles. The molecule has 0 heterocycles. The second kappa shape index (κ2) is 8.50. The summed E-state index contributed by atoms with van der Waals surface area (Å²) in [6.45, 7) is 5.38. The van der Waals surface area contributed by atoms with E-state index >= 15 is 0 Å². The summed E-state index contributed by atoms with van der Waals surface area (Å²) in [6.07, 6.45) is 0. The number of carbonyl (C=O) groups excluding carboxylic acids is 1. The lowest BCUT2D eigenvalue weighted by Crippen LogP contribution is -2.31. The van der Waals surface area contributed by atoms with Gasteiger partial charge in [-0.1, -0.05) is 56.3 Å². The fourth-order valence-electron chi connectivity index (χ4n) is 2.48. The van der Waals surface area contributed by atoms with Crippen molar-refractivity contribution >= 4 is 5.91 Å². The Kier molecular flexibility index (Phi) is 6.38. The number of benzene rings is 2. The molecule has 128 valence electrons. The van der Waals surface area contributed by atoms with E-state index in [4.69, 9.17) is 9.47 Å². The smallest absolute Gasteiger partial charge is 0.258 e. The molecule has 0 saturated heterocycles. The van der Waals surface area contributed by atoms with Crippen LogP contribution in [-0.2, 0) is 14.9 Å². The average Bonchev–Trinajstić information content (AvgIpc) is 2.61. The normalized spacial score (nSPS) is 11.1. The maximum absolute atomic E-state index is 11.6. The van der Waals surface area contributed by atoms with Gasteiger partial charge in [-0.25, -0.2) is 0 Å². The molecule has 0 aliphatic carbocycles. The minimum atomic E-state index is -0.152. The topological polar surface area (TPSA) is 47.6 Å². The van der Waals surface area contributed by atoms with E-state index in [1.165, 1.54) is 11.1 Å². The van der Waals surface area contributed by atoms with Gasteiger partial charge in [-0.2, -0.15) is 0 Å². The van der Waals surface area contributed by atoms with E-state index in [0.29, 0.717) is 18.9 Å². The van der Waals surface area contributed by atoms with Crippen molar-refractivity contribution < 1.29 is 14.3 Å². The first-order valence-corrected chi connectivity index (χ1v) is 8.08. The number of amides is 1. The van der Waals surface area contributed by atoms with Crippen molar-refractivity contribution in [2.24, 2.45) is 0 Å². The van der Waals surface area contributed by atoms with Gasteiger partial charge in [0.2, 0.25) is 0 Å². The second-order valence-electron chi connectivity index (χ2n) is 6.15. The average molecular weight is 327 g/mol. The van der Waals surface area contributed by atoms with E-state index in [9.17, 15) is 4.79 Å². The van der Waals surface area contributed by atoms with Crippen LogP contribution in [0.1, 0.15) is 25.0 Å². The van der Waals surface area contributed by atoms with Crippen molar-refractivity contribution in [1.29, 1.82) is 0 Å². The van der Waals surface area contributed by atoms with Crippen molar-refractivity contribution in [2.45, 2.75) is 19.3 Å². The summed E-state index contributed by atoms with van der Waals surface area (Å²) in [5.41, 5.74) is 2.37. The molecule has 0 bridgehead atoms. The van der Waals surface area contributed by atoms with Crippen molar-refractivity contribution in [2.75, 3.05) is 26.9 Å². The Morgan fingerprint density at radius 2 is 1.62 bits per heavy atom. The second-order valence-corrected chi connectivity index (χ2v) is 6.15. The van der Waals surface area contributed by atoms with E-state index in [-0.39, 0.29) is 17.9 Å². The third kappa shape index (κ3) is 4.83. The molecule has 0 radical (unpaired) electrons. The van der Waals surface area contributed by atoms with Gasteiger partial charge in [0, 0.05) is 19.1 Å². The number of nitrogens with one attached hydrogen (secondary N) is 1. The fourth-order valence-corrected chi connectivity index (χ4v) is 2.48. The summed E-state index contributed by atoms with van der Waals surface area (Å²) in [5.74, 6) is 0.533. The van der Waals surface area contributed by atoms with Gasteiger partial charge in [0.05, 0.1) is 6.61 Å². The van der Waals surface area contributed by atoms with Crippen molar-refractivity contribution in [3.05, 3.63) is 65.7 Å². The van der Waals surface area contributed by atoms with E-state index < -0.39 is 0 Å². The molecule has 2 aromatic carbocycles. The molecule has 0 atom stereocenters. The molecule has 4 nitrogen and oxygen atoms in total. The number of hydrogen-bond acceptors (Lipinski definition) is 3.